The van der Waals surface area contributed by atoms with E-state index in [2.05, 4.69) is 13.8 Å². The van der Waals surface area contributed by atoms with E-state index in [0.29, 0.717) is 12.8 Å². The molecule has 0 saturated heterocycles. The highest BCUT2D eigenvalue weighted by atomic mass is 31.2. The number of rotatable bonds is 41. The number of hydrogen-bond donors (Lipinski definition) is 4. The maximum absolute atomic E-state index is 12.6. The third-order valence-electron chi connectivity index (χ3n) is 10.00. The second-order valence-electron chi connectivity index (χ2n) is 15.3. The van der Waals surface area contributed by atoms with E-state index in [0.717, 1.165) is 38.5 Å². The fourth-order valence-electron chi connectivity index (χ4n) is 6.63. The maximum atomic E-state index is 12.6. The van der Waals surface area contributed by atoms with Crippen LogP contribution in [0.1, 0.15) is 219 Å². The molecule has 0 bridgehead atoms. The number of carbonyl (C=O) groups is 2. The van der Waals surface area contributed by atoms with Crippen LogP contribution in [0, 0.1) is 0 Å². The van der Waals surface area contributed by atoms with Crippen molar-refractivity contribution in [2.24, 2.45) is 0 Å². The SMILES string of the molecule is CCCCCCCCCCCCCCCCCC(=O)OC[C@H](CO[C@@H]([C@@H](O)CO)P(=O)(O)O)OC(=O)CCCCCCCCCCCCCCCCC. The average molecular weight is 779 g/mol. The van der Waals surface area contributed by atoms with Crippen LogP contribution in [0.25, 0.3) is 0 Å². The van der Waals surface area contributed by atoms with Crippen molar-refractivity contribution >= 4 is 19.5 Å². The van der Waals surface area contributed by atoms with Crippen molar-refractivity contribution in [3.05, 3.63) is 0 Å². The molecule has 3 atom stereocenters. The van der Waals surface area contributed by atoms with Gasteiger partial charge in [-0.1, -0.05) is 194 Å². The van der Waals surface area contributed by atoms with Gasteiger partial charge in [0.05, 0.1) is 13.2 Å². The Morgan fingerprint density at radius 1 is 0.509 bits per heavy atom. The summed E-state index contributed by atoms with van der Waals surface area (Å²) < 4.78 is 27.9. The molecule has 0 spiro atoms. The molecule has 11 heteroatoms. The Bertz CT molecular complexity index is 867. The lowest BCUT2D eigenvalue weighted by Gasteiger charge is -2.25. The van der Waals surface area contributed by atoms with Crippen molar-refractivity contribution in [1.82, 2.24) is 0 Å². The molecule has 0 aromatic heterocycles. The van der Waals surface area contributed by atoms with Crippen molar-refractivity contribution in [3.63, 3.8) is 0 Å². The van der Waals surface area contributed by atoms with E-state index in [1.807, 2.05) is 0 Å². The van der Waals surface area contributed by atoms with Gasteiger partial charge in [0.25, 0.3) is 0 Å². The Kier molecular flexibility index (Phi) is 37.1. The van der Waals surface area contributed by atoms with E-state index in [4.69, 9.17) is 14.2 Å². The van der Waals surface area contributed by atoms with Gasteiger partial charge in [-0.25, -0.2) is 0 Å². The lowest BCUT2D eigenvalue weighted by molar-refractivity contribution is -0.164. The Morgan fingerprint density at radius 3 is 1.15 bits per heavy atom. The zero-order valence-corrected chi connectivity index (χ0v) is 35.1. The molecule has 0 aromatic rings. The maximum Gasteiger partial charge on any atom is 0.356 e. The van der Waals surface area contributed by atoms with Crippen molar-refractivity contribution in [2.45, 2.75) is 237 Å². The molecule has 0 unspecified atom stereocenters. The lowest BCUT2D eigenvalue weighted by Crippen LogP contribution is -2.37. The van der Waals surface area contributed by atoms with Crippen LogP contribution >= 0.6 is 7.60 Å². The zero-order valence-electron chi connectivity index (χ0n) is 34.2. The van der Waals surface area contributed by atoms with Gasteiger partial charge in [0.2, 0.25) is 0 Å². The van der Waals surface area contributed by atoms with Crippen LogP contribution < -0.4 is 0 Å². The third kappa shape index (κ3) is 35.1. The largest absolute Gasteiger partial charge is 0.462 e. The van der Waals surface area contributed by atoms with E-state index in [1.54, 1.807) is 0 Å². The summed E-state index contributed by atoms with van der Waals surface area (Å²) in [5.74, 6) is -2.95. The first-order valence-electron chi connectivity index (χ1n) is 22.0. The highest BCUT2D eigenvalue weighted by Crippen LogP contribution is 2.43. The van der Waals surface area contributed by atoms with Crippen molar-refractivity contribution < 1.29 is 48.4 Å². The van der Waals surface area contributed by atoms with Gasteiger partial charge in [-0.3, -0.25) is 14.2 Å². The minimum Gasteiger partial charge on any atom is -0.462 e. The minimum atomic E-state index is -4.94. The Morgan fingerprint density at radius 2 is 0.830 bits per heavy atom. The molecule has 53 heavy (non-hydrogen) atoms. The molecule has 4 N–H and O–H groups in total. The fraction of sp³-hybridized carbons (Fsp3) is 0.952. The number of hydrogen-bond acceptors (Lipinski definition) is 8. The van der Waals surface area contributed by atoms with Crippen LogP contribution in [0.15, 0.2) is 0 Å². The molecule has 0 heterocycles. The number of aliphatic hydroxyl groups excluding tert-OH is 2. The van der Waals surface area contributed by atoms with Crippen molar-refractivity contribution in [2.75, 3.05) is 19.8 Å². The summed E-state index contributed by atoms with van der Waals surface area (Å²) in [4.78, 5) is 44.2. The number of ether oxygens (including phenoxy) is 3. The van der Waals surface area contributed by atoms with Crippen LogP contribution in [0.3, 0.4) is 0 Å². The molecule has 0 fully saturated rings. The number of unbranched alkanes of at least 4 members (excludes halogenated alkanes) is 28. The minimum absolute atomic E-state index is 0.170. The smallest absolute Gasteiger partial charge is 0.356 e. The summed E-state index contributed by atoms with van der Waals surface area (Å²) in [6, 6.07) is 0. The van der Waals surface area contributed by atoms with Gasteiger partial charge in [0, 0.05) is 12.8 Å². The first-order chi connectivity index (χ1) is 25.6. The van der Waals surface area contributed by atoms with Gasteiger partial charge in [0.1, 0.15) is 12.7 Å². The van der Waals surface area contributed by atoms with E-state index in [1.165, 1.54) is 141 Å². The normalized spacial score (nSPS) is 13.5. The summed E-state index contributed by atoms with van der Waals surface area (Å²) in [6.45, 7) is 2.74. The molecule has 316 valence electrons. The van der Waals surface area contributed by atoms with Crippen LogP contribution in [0.4, 0.5) is 0 Å². The van der Waals surface area contributed by atoms with Crippen LogP contribution in [0.5, 0.6) is 0 Å². The Balaban J connectivity index is 4.31. The number of carbonyl (C=O) groups excluding carboxylic acids is 2. The van der Waals surface area contributed by atoms with Gasteiger partial charge >= 0.3 is 19.5 Å². The number of aliphatic hydroxyl groups is 2. The second-order valence-corrected chi connectivity index (χ2v) is 16.9. The average Bonchev–Trinajstić information content (AvgIpc) is 3.13. The molecule has 0 aromatic carbocycles. The Labute approximate surface area is 324 Å². The van der Waals surface area contributed by atoms with Gasteiger partial charge < -0.3 is 34.2 Å². The molecule has 0 amide bonds. The van der Waals surface area contributed by atoms with Gasteiger partial charge in [-0.2, -0.15) is 0 Å². The topological polar surface area (TPSA) is 160 Å². The third-order valence-corrected chi connectivity index (χ3v) is 11.2. The predicted octanol–water partition coefficient (Wildman–Crippen LogP) is 10.8. The van der Waals surface area contributed by atoms with Crippen LogP contribution in [0.2, 0.25) is 0 Å². The van der Waals surface area contributed by atoms with Crippen molar-refractivity contribution in [3.8, 4) is 0 Å². The summed E-state index contributed by atoms with van der Waals surface area (Å²) in [5.41, 5.74) is 0. The molecule has 0 aliphatic rings. The zero-order chi connectivity index (χ0) is 39.3. The molecule has 0 saturated carbocycles. The first-order valence-corrected chi connectivity index (χ1v) is 23.6. The highest BCUT2D eigenvalue weighted by Gasteiger charge is 2.37. The lowest BCUT2D eigenvalue weighted by atomic mass is 10.0. The summed E-state index contributed by atoms with van der Waals surface area (Å²) in [6.07, 6.45) is 34.1. The molecular formula is C42H83O10P. The predicted molar refractivity (Wildman–Crippen MR) is 215 cm³/mol. The van der Waals surface area contributed by atoms with Crippen molar-refractivity contribution in [1.29, 1.82) is 0 Å². The van der Waals surface area contributed by atoms with E-state index < -0.39 is 50.8 Å². The summed E-state index contributed by atoms with van der Waals surface area (Å²) >= 11 is 0. The highest BCUT2D eigenvalue weighted by molar-refractivity contribution is 7.52. The van der Waals surface area contributed by atoms with Gasteiger partial charge in [-0.15, -0.1) is 0 Å². The van der Waals surface area contributed by atoms with E-state index in [9.17, 15) is 34.2 Å². The summed E-state index contributed by atoms with van der Waals surface area (Å²) in [7, 11) is -4.94. The Hall–Kier alpha value is -1.03. The first kappa shape index (κ1) is 52.0. The molecular weight excluding hydrogens is 695 g/mol. The van der Waals surface area contributed by atoms with E-state index in [-0.39, 0.29) is 19.4 Å². The molecule has 0 radical (unpaired) electrons. The van der Waals surface area contributed by atoms with Gasteiger partial charge in [0.15, 0.2) is 11.9 Å². The molecule has 0 rings (SSSR count). The van der Waals surface area contributed by atoms with Gasteiger partial charge in [-0.05, 0) is 12.8 Å². The fourth-order valence-corrected chi connectivity index (χ4v) is 7.45. The molecule has 0 aliphatic carbocycles. The molecule has 0 aliphatic heterocycles. The molecule has 10 nitrogen and oxygen atoms in total. The quantitative estimate of drug-likeness (QED) is 0.0267. The van der Waals surface area contributed by atoms with Crippen LogP contribution in [-0.2, 0) is 28.4 Å². The standard InChI is InChI=1S/C42H83O10P/c1-3-5-7-9-11-13-15-17-19-21-23-25-27-29-31-33-40(45)50-36-38(37-51-42(39(44)35-43)53(47,48)49)52-41(46)34-32-30-28-26-24-22-20-18-16-14-12-10-8-6-4-2/h38-39,42-44H,3-37H2,1-2H3,(H2,47,48,49)/t38-,39+,42-/m1/s1. The number of esters is 2. The monoisotopic (exact) mass is 779 g/mol. The van der Waals surface area contributed by atoms with Crippen LogP contribution in [-0.4, -0.2) is 69.8 Å². The van der Waals surface area contributed by atoms with E-state index >= 15 is 0 Å². The second kappa shape index (κ2) is 37.9. The summed E-state index contributed by atoms with van der Waals surface area (Å²) in [5, 5.41) is 19.1.